The van der Waals surface area contributed by atoms with Crippen LogP contribution in [0.2, 0.25) is 0 Å². The Kier molecular flexibility index (Phi) is 4.00. The van der Waals surface area contributed by atoms with E-state index in [2.05, 4.69) is 18.8 Å². The first kappa shape index (κ1) is 14.2. The van der Waals surface area contributed by atoms with Crippen molar-refractivity contribution in [1.29, 1.82) is 0 Å². The summed E-state index contributed by atoms with van der Waals surface area (Å²) >= 11 is 0. The van der Waals surface area contributed by atoms with Crippen molar-refractivity contribution in [3.8, 4) is 0 Å². The molecular weight excluding hydrogens is 260 g/mol. The third-order valence-electron chi connectivity index (χ3n) is 4.82. The summed E-state index contributed by atoms with van der Waals surface area (Å²) in [5.74, 6) is 1.65. The van der Waals surface area contributed by atoms with E-state index in [0.717, 1.165) is 48.3 Å². The molecule has 2 aromatic rings. The maximum atomic E-state index is 12.8. The lowest BCUT2D eigenvalue weighted by molar-refractivity contribution is 0.0761. The number of hydrogen-bond donors (Lipinski definition) is 1. The molecular formula is C18H24N2O. The molecule has 0 aliphatic carbocycles. The summed E-state index contributed by atoms with van der Waals surface area (Å²) in [4.78, 5) is 18.1. The Balaban J connectivity index is 1.79. The number of nitrogens with zero attached hydrogens (tertiary/aromatic N) is 1. The lowest BCUT2D eigenvalue weighted by Gasteiger charge is -2.21. The van der Waals surface area contributed by atoms with Gasteiger partial charge in [-0.25, -0.2) is 0 Å². The van der Waals surface area contributed by atoms with E-state index in [1.54, 1.807) is 0 Å². The second-order valence-electron chi connectivity index (χ2n) is 6.48. The molecule has 1 aliphatic rings. The van der Waals surface area contributed by atoms with Gasteiger partial charge in [0.25, 0.3) is 5.91 Å². The number of aromatic nitrogens is 1. The highest BCUT2D eigenvalue weighted by Crippen LogP contribution is 2.26. The fourth-order valence-corrected chi connectivity index (χ4v) is 3.41. The minimum Gasteiger partial charge on any atom is -0.360 e. The molecule has 0 bridgehead atoms. The Bertz CT molecular complexity index is 629. The van der Waals surface area contributed by atoms with Crippen molar-refractivity contribution in [2.75, 3.05) is 13.1 Å². The van der Waals surface area contributed by atoms with Crippen molar-refractivity contribution in [1.82, 2.24) is 9.88 Å². The molecule has 1 aromatic carbocycles. The minimum absolute atomic E-state index is 0.178. The van der Waals surface area contributed by atoms with E-state index in [1.165, 1.54) is 6.42 Å². The third-order valence-corrected chi connectivity index (χ3v) is 4.82. The number of nitrogens with one attached hydrogen (secondary N) is 1. The number of benzene rings is 1. The van der Waals surface area contributed by atoms with Gasteiger partial charge in [0.05, 0.1) is 5.56 Å². The normalized spacial score (nSPS) is 20.0. The van der Waals surface area contributed by atoms with Crippen LogP contribution in [0.25, 0.3) is 10.9 Å². The number of H-pyrrole nitrogens is 1. The van der Waals surface area contributed by atoms with Crippen LogP contribution in [-0.4, -0.2) is 28.9 Å². The number of fused-ring (bicyclic) bond motifs is 1. The molecule has 1 N–H and O–H groups in total. The van der Waals surface area contributed by atoms with Crippen LogP contribution in [0, 0.1) is 11.8 Å². The summed E-state index contributed by atoms with van der Waals surface area (Å²) in [5, 5.41) is 1.03. The summed E-state index contributed by atoms with van der Waals surface area (Å²) in [6, 6.07) is 8.02. The van der Waals surface area contributed by atoms with Gasteiger partial charge in [-0.1, -0.05) is 32.0 Å². The minimum atomic E-state index is 0.178. The van der Waals surface area contributed by atoms with Crippen LogP contribution in [0.4, 0.5) is 0 Å². The van der Waals surface area contributed by atoms with Gasteiger partial charge >= 0.3 is 0 Å². The first-order valence-electron chi connectivity index (χ1n) is 8.02. The number of hydrogen-bond acceptors (Lipinski definition) is 1. The monoisotopic (exact) mass is 284 g/mol. The number of aromatic amines is 1. The number of carbonyl (C=O) groups excluding carboxylic acids is 1. The maximum Gasteiger partial charge on any atom is 0.256 e. The Morgan fingerprint density at radius 2 is 2.05 bits per heavy atom. The van der Waals surface area contributed by atoms with E-state index < -0.39 is 0 Å². The molecule has 3 rings (SSSR count). The third kappa shape index (κ3) is 2.82. The number of rotatable bonds is 2. The number of likely N-dealkylation sites (tertiary alicyclic amines) is 1. The maximum absolute atomic E-state index is 12.8. The fraction of sp³-hybridized carbons (Fsp3) is 0.500. The highest BCUT2D eigenvalue weighted by molar-refractivity contribution is 6.06. The quantitative estimate of drug-likeness (QED) is 0.886. The molecule has 21 heavy (non-hydrogen) atoms. The van der Waals surface area contributed by atoms with Crippen LogP contribution in [0.1, 0.15) is 43.5 Å². The number of para-hydroxylation sites is 1. The molecule has 3 nitrogen and oxygen atoms in total. The zero-order chi connectivity index (χ0) is 14.8. The molecule has 0 radical (unpaired) electrons. The van der Waals surface area contributed by atoms with E-state index in [9.17, 15) is 4.79 Å². The van der Waals surface area contributed by atoms with E-state index in [1.807, 2.05) is 35.4 Å². The summed E-state index contributed by atoms with van der Waals surface area (Å²) in [7, 11) is 0. The average Bonchev–Trinajstić information content (AvgIpc) is 2.75. The van der Waals surface area contributed by atoms with Gasteiger partial charge in [0.2, 0.25) is 0 Å². The Morgan fingerprint density at radius 3 is 2.86 bits per heavy atom. The van der Waals surface area contributed by atoms with Crippen LogP contribution in [0.5, 0.6) is 0 Å². The highest BCUT2D eigenvalue weighted by Gasteiger charge is 2.24. The second kappa shape index (κ2) is 5.92. The molecule has 0 spiro atoms. The molecule has 3 heteroatoms. The SMILES string of the molecule is CC(C)C1CCCN(C(=O)c2c[nH]c3ccccc23)CC1. The first-order valence-corrected chi connectivity index (χ1v) is 8.02. The van der Waals surface area contributed by atoms with Gasteiger partial charge in [-0.2, -0.15) is 0 Å². The van der Waals surface area contributed by atoms with Gasteiger partial charge in [0.1, 0.15) is 0 Å². The van der Waals surface area contributed by atoms with Crippen molar-refractivity contribution in [3.63, 3.8) is 0 Å². The van der Waals surface area contributed by atoms with Crippen molar-refractivity contribution in [2.24, 2.45) is 11.8 Å². The van der Waals surface area contributed by atoms with Crippen LogP contribution in [0.3, 0.4) is 0 Å². The van der Waals surface area contributed by atoms with Crippen LogP contribution >= 0.6 is 0 Å². The van der Waals surface area contributed by atoms with Gasteiger partial charge in [0, 0.05) is 30.2 Å². The smallest absolute Gasteiger partial charge is 0.256 e. The fourth-order valence-electron chi connectivity index (χ4n) is 3.41. The van der Waals surface area contributed by atoms with Crippen LogP contribution in [0.15, 0.2) is 30.5 Å². The molecule has 1 aliphatic heterocycles. The lowest BCUT2D eigenvalue weighted by atomic mass is 9.89. The summed E-state index contributed by atoms with van der Waals surface area (Å²) < 4.78 is 0. The molecule has 1 unspecified atom stereocenters. The average molecular weight is 284 g/mol. The number of carbonyl (C=O) groups is 1. The largest absolute Gasteiger partial charge is 0.360 e. The van der Waals surface area contributed by atoms with Gasteiger partial charge < -0.3 is 9.88 Å². The van der Waals surface area contributed by atoms with Crippen molar-refractivity contribution < 1.29 is 4.79 Å². The van der Waals surface area contributed by atoms with Gasteiger partial charge in [-0.15, -0.1) is 0 Å². The first-order chi connectivity index (χ1) is 10.2. The summed E-state index contributed by atoms with van der Waals surface area (Å²) in [5.41, 5.74) is 1.85. The second-order valence-corrected chi connectivity index (χ2v) is 6.48. The molecule has 0 saturated carbocycles. The Hall–Kier alpha value is -1.77. The molecule has 1 atom stereocenters. The van der Waals surface area contributed by atoms with Gasteiger partial charge in [0.15, 0.2) is 0 Å². The van der Waals surface area contributed by atoms with Gasteiger partial charge in [-0.3, -0.25) is 4.79 Å². The molecule has 1 amide bonds. The molecule has 1 saturated heterocycles. The zero-order valence-corrected chi connectivity index (χ0v) is 12.9. The van der Waals surface area contributed by atoms with Crippen molar-refractivity contribution in [2.45, 2.75) is 33.1 Å². The topological polar surface area (TPSA) is 36.1 Å². The zero-order valence-electron chi connectivity index (χ0n) is 12.9. The predicted octanol–water partition coefficient (Wildman–Crippen LogP) is 4.07. The van der Waals surface area contributed by atoms with Crippen LogP contribution < -0.4 is 0 Å². The van der Waals surface area contributed by atoms with Crippen molar-refractivity contribution >= 4 is 16.8 Å². The van der Waals surface area contributed by atoms with E-state index in [4.69, 9.17) is 0 Å². The summed E-state index contributed by atoms with van der Waals surface area (Å²) in [6.45, 7) is 6.37. The molecule has 1 aromatic heterocycles. The lowest BCUT2D eigenvalue weighted by Crippen LogP contribution is -2.32. The standard InChI is InChI=1S/C18H24N2O/c1-13(2)14-6-5-10-20(11-9-14)18(21)16-12-19-17-8-4-3-7-15(16)17/h3-4,7-8,12-14,19H,5-6,9-11H2,1-2H3. The number of amides is 1. The predicted molar refractivity (Wildman–Crippen MR) is 86.4 cm³/mol. The van der Waals surface area contributed by atoms with Gasteiger partial charge in [-0.05, 0) is 37.2 Å². The molecule has 2 heterocycles. The Morgan fingerprint density at radius 1 is 1.24 bits per heavy atom. The molecule has 1 fully saturated rings. The molecule has 112 valence electrons. The highest BCUT2D eigenvalue weighted by atomic mass is 16.2. The Labute approximate surface area is 126 Å². The summed E-state index contributed by atoms with van der Waals surface area (Å²) in [6.07, 6.45) is 5.36. The van der Waals surface area contributed by atoms with E-state index in [-0.39, 0.29) is 5.91 Å². The van der Waals surface area contributed by atoms with Crippen LogP contribution in [-0.2, 0) is 0 Å². The van der Waals surface area contributed by atoms with E-state index in [0.29, 0.717) is 5.92 Å². The van der Waals surface area contributed by atoms with E-state index >= 15 is 0 Å². The van der Waals surface area contributed by atoms with Crippen molar-refractivity contribution in [3.05, 3.63) is 36.0 Å².